The van der Waals surface area contributed by atoms with Crippen LogP contribution in [0, 0.1) is 5.92 Å². The van der Waals surface area contributed by atoms with E-state index in [1.54, 1.807) is 0 Å². The first-order valence-electron chi connectivity index (χ1n) is 4.61. The van der Waals surface area contributed by atoms with Crippen molar-refractivity contribution < 1.29 is 0 Å². The van der Waals surface area contributed by atoms with E-state index in [0.29, 0.717) is 4.09 Å². The van der Waals surface area contributed by atoms with Gasteiger partial charge in [0.25, 0.3) is 0 Å². The summed E-state index contributed by atoms with van der Waals surface area (Å²) < 4.78 is 0.570. The molecule has 0 radical (unpaired) electrons. The van der Waals surface area contributed by atoms with Crippen molar-refractivity contribution in [3.05, 3.63) is 0 Å². The molecule has 0 atom stereocenters. The molecule has 0 amide bonds. The summed E-state index contributed by atoms with van der Waals surface area (Å²) in [6, 6.07) is 0. The van der Waals surface area contributed by atoms with Gasteiger partial charge in [-0.2, -0.15) is 0 Å². The normalized spacial score (nSPS) is 21.1. The van der Waals surface area contributed by atoms with E-state index in [0.717, 1.165) is 5.92 Å². The first-order chi connectivity index (χ1) is 4.61. The van der Waals surface area contributed by atoms with Gasteiger partial charge in [0.05, 0.1) is 0 Å². The second-order valence-corrected chi connectivity index (χ2v) is 4.70. The van der Waals surface area contributed by atoms with Crippen LogP contribution in [-0.4, -0.2) is 17.7 Å². The van der Waals surface area contributed by atoms with Gasteiger partial charge in [0.15, 0.2) is 0 Å². The van der Waals surface area contributed by atoms with E-state index in [1.807, 2.05) is 0 Å². The van der Waals surface area contributed by atoms with E-state index in [9.17, 15) is 0 Å². The third-order valence-corrected chi connectivity index (χ3v) is 2.83. The van der Waals surface area contributed by atoms with Crippen molar-refractivity contribution in [2.75, 3.05) is 0 Å². The molecule has 0 aliphatic heterocycles. The van der Waals surface area contributed by atoms with Gasteiger partial charge in [0.2, 0.25) is 0 Å². The quantitative estimate of drug-likeness (QED) is 0.571. The molecule has 0 aromatic heterocycles. The van der Waals surface area contributed by atoms with Crippen LogP contribution >= 0.6 is 0 Å². The van der Waals surface area contributed by atoms with E-state index < -0.39 is 0 Å². The van der Waals surface area contributed by atoms with Gasteiger partial charge in [0.1, 0.15) is 0 Å². The molecule has 0 bridgehead atoms. The minimum absolute atomic E-state index is 0. The average molecular weight is 149 g/mol. The molecule has 3 N–H and O–H groups in total. The van der Waals surface area contributed by atoms with Crippen molar-refractivity contribution in [3.63, 3.8) is 0 Å². The van der Waals surface area contributed by atoms with Gasteiger partial charge in [-0.3, -0.25) is 0 Å². The number of rotatable bonds is 1. The summed E-state index contributed by atoms with van der Waals surface area (Å²) in [6.45, 7) is 4.76. The molecule has 11 heavy (non-hydrogen) atoms. The zero-order valence-electron chi connectivity index (χ0n) is 8.32. The summed E-state index contributed by atoms with van der Waals surface area (Å²) in [5.74, 6) is 1.00. The van der Waals surface area contributed by atoms with Crippen molar-refractivity contribution in [1.82, 2.24) is 6.15 Å². The SMILES string of the molecule is N.[Li][C](C)(C)C1CCCCC1. The summed E-state index contributed by atoms with van der Waals surface area (Å²) in [4.78, 5) is 0. The van der Waals surface area contributed by atoms with Gasteiger partial charge in [-0.1, -0.05) is 0 Å². The van der Waals surface area contributed by atoms with Crippen LogP contribution in [0.1, 0.15) is 46.0 Å². The Hall–Kier alpha value is 0.557. The van der Waals surface area contributed by atoms with Gasteiger partial charge in [-0.25, -0.2) is 0 Å². The molecule has 1 fully saturated rings. The second-order valence-electron chi connectivity index (χ2n) is 4.70. The summed E-state index contributed by atoms with van der Waals surface area (Å²) in [5.41, 5.74) is 0. The zero-order chi connectivity index (χ0) is 7.61. The maximum atomic E-state index is 2.38. The third-order valence-electron chi connectivity index (χ3n) is 2.83. The number of hydrogen-bond donors (Lipinski definition) is 1. The molecule has 0 heterocycles. The van der Waals surface area contributed by atoms with E-state index in [1.165, 1.54) is 32.1 Å². The van der Waals surface area contributed by atoms with E-state index in [4.69, 9.17) is 0 Å². The van der Waals surface area contributed by atoms with Crippen LogP contribution in [-0.2, 0) is 0 Å². The van der Waals surface area contributed by atoms with Gasteiger partial charge >= 0.3 is 73.7 Å². The van der Waals surface area contributed by atoms with Crippen LogP contribution in [0.4, 0.5) is 0 Å². The Morgan fingerprint density at radius 2 is 1.55 bits per heavy atom. The Morgan fingerprint density at radius 3 is 1.82 bits per heavy atom. The maximum absolute atomic E-state index is 2.38. The van der Waals surface area contributed by atoms with Crippen LogP contribution in [0.25, 0.3) is 0 Å². The predicted octanol–water partition coefficient (Wildman–Crippen LogP) is 3.10. The fourth-order valence-electron chi connectivity index (χ4n) is 1.97. The summed E-state index contributed by atoms with van der Waals surface area (Å²) in [5, 5.41) is 0. The molecule has 1 aliphatic rings. The molecule has 0 aromatic rings. The fourth-order valence-corrected chi connectivity index (χ4v) is 1.97. The Bertz CT molecular complexity index is 101. The Balaban J connectivity index is 0.000001000. The molecule has 1 saturated carbocycles. The van der Waals surface area contributed by atoms with Crippen LogP contribution in [0.5, 0.6) is 0 Å². The van der Waals surface area contributed by atoms with Gasteiger partial charge in [-0.15, -0.1) is 0 Å². The van der Waals surface area contributed by atoms with Gasteiger partial charge < -0.3 is 6.15 Å². The monoisotopic (exact) mass is 149 g/mol. The van der Waals surface area contributed by atoms with E-state index in [-0.39, 0.29) is 6.15 Å². The van der Waals surface area contributed by atoms with Crippen LogP contribution < -0.4 is 6.15 Å². The molecule has 1 rings (SSSR count). The number of hydrogen-bond acceptors (Lipinski definition) is 1. The van der Waals surface area contributed by atoms with Crippen molar-refractivity contribution in [2.45, 2.75) is 50.0 Å². The van der Waals surface area contributed by atoms with Crippen LogP contribution in [0.2, 0.25) is 4.09 Å². The van der Waals surface area contributed by atoms with E-state index in [2.05, 4.69) is 31.6 Å². The first kappa shape index (κ1) is 11.6. The summed E-state index contributed by atoms with van der Waals surface area (Å²) in [6.07, 6.45) is 7.38. The first-order valence-corrected chi connectivity index (χ1v) is 4.61. The summed E-state index contributed by atoms with van der Waals surface area (Å²) in [7, 11) is 0. The van der Waals surface area contributed by atoms with E-state index >= 15 is 0 Å². The summed E-state index contributed by atoms with van der Waals surface area (Å²) >= 11 is 2.38. The predicted molar refractivity (Wildman–Crippen MR) is 51.4 cm³/mol. The molecule has 0 unspecified atom stereocenters. The van der Waals surface area contributed by atoms with Gasteiger partial charge in [-0.05, 0) is 0 Å². The molecule has 2 heteroatoms. The molecular weight excluding hydrogens is 129 g/mol. The zero-order valence-corrected chi connectivity index (χ0v) is 8.32. The second kappa shape index (κ2) is 4.55. The molecule has 62 valence electrons. The Kier molecular flexibility index (Phi) is 4.78. The standard InChI is InChI=1S/C9H17.Li.H3N/c1-8(2)9-6-4-3-5-7-9;;/h9H,3-7H2,1-2H3;;1H3. The van der Waals surface area contributed by atoms with Crippen molar-refractivity contribution in [2.24, 2.45) is 5.92 Å². The van der Waals surface area contributed by atoms with Crippen LogP contribution in [0.3, 0.4) is 0 Å². The van der Waals surface area contributed by atoms with Crippen LogP contribution in [0.15, 0.2) is 0 Å². The topological polar surface area (TPSA) is 35.0 Å². The average Bonchev–Trinajstić information content (AvgIpc) is 1.88. The molecular formula is C9H20LiN. The third kappa shape index (κ3) is 3.65. The molecule has 0 saturated heterocycles. The Morgan fingerprint density at radius 1 is 1.09 bits per heavy atom. The molecule has 0 spiro atoms. The van der Waals surface area contributed by atoms with Crippen molar-refractivity contribution in [3.8, 4) is 0 Å². The molecule has 1 nitrogen and oxygen atoms in total. The van der Waals surface area contributed by atoms with Gasteiger partial charge in [0, 0.05) is 0 Å². The van der Waals surface area contributed by atoms with Crippen molar-refractivity contribution in [1.29, 1.82) is 0 Å². The Labute approximate surface area is 80.1 Å². The van der Waals surface area contributed by atoms with Crippen molar-refractivity contribution >= 4 is 17.7 Å². The molecule has 1 aliphatic carbocycles. The minimum atomic E-state index is 0. The molecule has 0 aromatic carbocycles. The fraction of sp³-hybridized carbons (Fsp3) is 1.00.